The molecule has 0 atom stereocenters. The van der Waals surface area contributed by atoms with E-state index >= 15 is 0 Å². The number of carbonyl (C=O) groups is 1. The van der Waals surface area contributed by atoms with Crippen LogP contribution in [-0.4, -0.2) is 58.8 Å². The Labute approximate surface area is 221 Å². The predicted octanol–water partition coefficient (Wildman–Crippen LogP) is 4.47. The first kappa shape index (κ1) is 25.2. The molecule has 3 heterocycles. The van der Waals surface area contributed by atoms with Gasteiger partial charge in [0, 0.05) is 30.8 Å². The molecule has 3 fully saturated rings. The van der Waals surface area contributed by atoms with Crippen LogP contribution in [0.5, 0.6) is 5.75 Å². The second kappa shape index (κ2) is 9.00. The van der Waals surface area contributed by atoms with E-state index in [0.717, 1.165) is 31.5 Å². The van der Waals surface area contributed by atoms with Crippen molar-refractivity contribution in [2.75, 3.05) is 58.4 Å². The van der Waals surface area contributed by atoms with Crippen LogP contribution in [0.4, 0.5) is 31.5 Å². The lowest BCUT2D eigenvalue weighted by Gasteiger charge is -2.41. The summed E-state index contributed by atoms with van der Waals surface area (Å²) >= 11 is 0. The summed E-state index contributed by atoms with van der Waals surface area (Å²) in [5.74, 6) is -2.51. The highest BCUT2D eigenvalue weighted by Crippen LogP contribution is 2.54. The lowest BCUT2D eigenvalue weighted by molar-refractivity contribution is -0.0264. The number of hydrogen-bond donors (Lipinski definition) is 2. The number of piperidine rings is 1. The fraction of sp³-hybridized carbons (Fsp3) is 0.519. The third kappa shape index (κ3) is 4.88. The zero-order chi connectivity index (χ0) is 26.7. The first-order valence-electron chi connectivity index (χ1n) is 13.2. The van der Waals surface area contributed by atoms with Gasteiger partial charge in [0.05, 0.1) is 48.1 Å². The van der Waals surface area contributed by atoms with E-state index in [4.69, 9.17) is 4.74 Å². The summed E-state index contributed by atoms with van der Waals surface area (Å²) in [6.07, 6.45) is 5.24. The minimum atomic E-state index is -3.47. The lowest BCUT2D eigenvalue weighted by Crippen LogP contribution is -2.56. The molecule has 2 aromatic rings. The quantitative estimate of drug-likeness (QED) is 0.533. The van der Waals surface area contributed by atoms with Gasteiger partial charge in [-0.15, -0.1) is 0 Å². The van der Waals surface area contributed by atoms with Crippen molar-refractivity contribution in [1.29, 1.82) is 0 Å². The Bertz CT molecular complexity index is 1380. The third-order valence-electron chi connectivity index (χ3n) is 8.22. The van der Waals surface area contributed by atoms with Crippen molar-refractivity contribution in [2.45, 2.75) is 45.0 Å². The molecule has 204 valence electrons. The number of nitrogens with one attached hydrogen (secondary N) is 2. The normalized spacial score (nSPS) is 20.9. The lowest BCUT2D eigenvalue weighted by atomic mass is 9.93. The van der Waals surface area contributed by atoms with Crippen LogP contribution in [0.25, 0.3) is 0 Å². The summed E-state index contributed by atoms with van der Waals surface area (Å²) in [5.41, 5.74) is 3.94. The number of hydrogen-bond acceptors (Lipinski definition) is 6. The zero-order valence-electron chi connectivity index (χ0n) is 21.4. The fourth-order valence-electron chi connectivity index (χ4n) is 5.67. The number of rotatable bonds is 7. The maximum atomic E-state index is 13.6. The molecule has 8 nitrogen and oxygen atoms in total. The maximum Gasteiger partial charge on any atom is 0.282 e. The van der Waals surface area contributed by atoms with E-state index in [0.29, 0.717) is 52.5 Å². The number of halogens is 2. The van der Waals surface area contributed by atoms with Crippen molar-refractivity contribution in [2.24, 2.45) is 5.41 Å². The topological polar surface area (TPSA) is 91.0 Å². The second-order valence-electron chi connectivity index (χ2n) is 11.0. The highest BCUT2D eigenvalue weighted by molar-refractivity contribution is 7.92. The van der Waals surface area contributed by atoms with Gasteiger partial charge in [-0.1, -0.05) is 0 Å². The first-order chi connectivity index (χ1) is 18.1. The van der Waals surface area contributed by atoms with Gasteiger partial charge in [0.1, 0.15) is 5.75 Å². The van der Waals surface area contributed by atoms with Crippen LogP contribution >= 0.6 is 0 Å². The monoisotopic (exact) mass is 546 g/mol. The maximum absolute atomic E-state index is 13.6. The number of carbonyl (C=O) groups excluding carboxylic acids is 1. The van der Waals surface area contributed by atoms with Crippen LogP contribution in [0.2, 0.25) is 0 Å². The molecule has 6 rings (SSSR count). The molecular weight excluding hydrogens is 514 g/mol. The molecule has 0 bridgehead atoms. The van der Waals surface area contributed by atoms with Crippen LogP contribution in [-0.2, 0) is 16.4 Å². The van der Waals surface area contributed by atoms with Gasteiger partial charge in [0.15, 0.2) is 0 Å². The largest absolute Gasteiger partial charge is 0.491 e. The smallest absolute Gasteiger partial charge is 0.282 e. The number of ether oxygens (including phenoxy) is 1. The van der Waals surface area contributed by atoms with E-state index in [-0.39, 0.29) is 24.7 Å². The number of benzene rings is 2. The van der Waals surface area contributed by atoms with Gasteiger partial charge in [-0.25, -0.2) is 17.2 Å². The minimum absolute atomic E-state index is 0.0515. The van der Waals surface area contributed by atoms with Gasteiger partial charge in [-0.05, 0) is 68.4 Å². The Balaban J connectivity index is 1.29. The molecule has 1 spiro atoms. The molecule has 2 saturated heterocycles. The molecule has 4 aliphatic rings. The first-order valence-corrected chi connectivity index (χ1v) is 14.8. The molecule has 2 aromatic carbocycles. The molecule has 0 aromatic heterocycles. The van der Waals surface area contributed by atoms with Crippen LogP contribution in [0.1, 0.15) is 48.5 Å². The molecule has 3 aliphatic heterocycles. The van der Waals surface area contributed by atoms with Gasteiger partial charge in [-0.2, -0.15) is 0 Å². The van der Waals surface area contributed by atoms with E-state index in [1.165, 1.54) is 12.8 Å². The summed E-state index contributed by atoms with van der Waals surface area (Å²) in [5, 5.41) is 2.97. The van der Waals surface area contributed by atoms with E-state index < -0.39 is 15.9 Å². The Kier molecular flexibility index (Phi) is 5.97. The Morgan fingerprint density at radius 2 is 1.71 bits per heavy atom. The number of nitrogens with zero attached hydrogens (tertiary/aromatic N) is 2. The molecule has 2 N–H and O–H groups in total. The van der Waals surface area contributed by atoms with Crippen molar-refractivity contribution >= 4 is 38.7 Å². The summed E-state index contributed by atoms with van der Waals surface area (Å²) in [6, 6.07) is 8.51. The van der Waals surface area contributed by atoms with Crippen LogP contribution < -0.4 is 24.6 Å². The van der Waals surface area contributed by atoms with E-state index in [1.54, 1.807) is 36.1 Å². The van der Waals surface area contributed by atoms with E-state index in [1.807, 2.05) is 6.07 Å². The van der Waals surface area contributed by atoms with Crippen LogP contribution in [0.15, 0.2) is 30.3 Å². The second-order valence-corrected chi connectivity index (χ2v) is 13.0. The van der Waals surface area contributed by atoms with E-state index in [9.17, 15) is 22.0 Å². The molecule has 0 unspecified atom stereocenters. The molecule has 1 aliphatic carbocycles. The highest BCUT2D eigenvalue weighted by atomic mass is 32.2. The molecule has 11 heteroatoms. The minimum Gasteiger partial charge on any atom is -0.491 e. The number of alkyl halides is 2. The average molecular weight is 547 g/mol. The van der Waals surface area contributed by atoms with Gasteiger partial charge < -0.3 is 19.9 Å². The van der Waals surface area contributed by atoms with Crippen molar-refractivity contribution in [1.82, 2.24) is 0 Å². The average Bonchev–Trinajstić information content (AvgIpc) is 3.44. The van der Waals surface area contributed by atoms with Crippen molar-refractivity contribution < 1.29 is 26.7 Å². The molecule has 1 saturated carbocycles. The Morgan fingerprint density at radius 1 is 1.00 bits per heavy atom. The van der Waals surface area contributed by atoms with Gasteiger partial charge in [0.2, 0.25) is 10.0 Å². The third-order valence-corrected chi connectivity index (χ3v) is 9.53. The predicted molar refractivity (Wildman–Crippen MR) is 143 cm³/mol. The van der Waals surface area contributed by atoms with Crippen molar-refractivity contribution in [3.05, 3.63) is 41.5 Å². The number of fused-ring (bicyclic) bond motifs is 1. The Morgan fingerprint density at radius 3 is 2.37 bits per heavy atom. The zero-order valence-corrected chi connectivity index (χ0v) is 22.2. The van der Waals surface area contributed by atoms with Crippen LogP contribution in [0.3, 0.4) is 0 Å². The van der Waals surface area contributed by atoms with Crippen LogP contribution in [0, 0.1) is 5.41 Å². The summed E-state index contributed by atoms with van der Waals surface area (Å²) < 4.78 is 59.9. The SMILES string of the molecule is CCS(=O)(=O)Nc1ccc(C(=O)Nc2cc3c(c(N4CC(F)(F)C4)c2)OCC3)c(N2CCC3(CC2)CC3)c1. The number of sulfonamides is 1. The Hall–Kier alpha value is -3.08. The molecule has 38 heavy (non-hydrogen) atoms. The summed E-state index contributed by atoms with van der Waals surface area (Å²) in [6.45, 7) is 2.88. The molecular formula is C27H32F2N4O4S. The number of amides is 1. The van der Waals surface area contributed by atoms with Gasteiger partial charge >= 0.3 is 0 Å². The standard InChI is InChI=1S/C27H32F2N4O4S/c1-2-38(35,36)31-19-3-4-21(22(14-19)32-10-8-26(6-7-26)9-11-32)25(34)30-20-13-18-5-12-37-24(18)23(15-20)33-16-27(28,29)17-33/h3-4,13-15,31H,2,5-12,16-17H2,1H3,(H,30,34). The fourth-order valence-corrected chi connectivity index (χ4v) is 6.31. The van der Waals surface area contributed by atoms with Gasteiger partial charge in [0.25, 0.3) is 11.8 Å². The van der Waals surface area contributed by atoms with Crippen molar-refractivity contribution in [3.8, 4) is 5.75 Å². The van der Waals surface area contributed by atoms with Gasteiger partial charge in [-0.3, -0.25) is 9.52 Å². The molecule has 1 amide bonds. The highest BCUT2D eigenvalue weighted by Gasteiger charge is 2.46. The van der Waals surface area contributed by atoms with E-state index in [2.05, 4.69) is 14.9 Å². The number of anilines is 4. The molecule has 0 radical (unpaired) electrons. The summed E-state index contributed by atoms with van der Waals surface area (Å²) in [4.78, 5) is 17.3. The van der Waals surface area contributed by atoms with Crippen molar-refractivity contribution in [3.63, 3.8) is 0 Å². The summed E-state index contributed by atoms with van der Waals surface area (Å²) in [7, 11) is -3.47.